The molecule has 4 aliphatic rings. The van der Waals surface area contributed by atoms with Gasteiger partial charge in [-0.2, -0.15) is 0 Å². The van der Waals surface area contributed by atoms with E-state index in [0.717, 1.165) is 35.1 Å². The average Bonchev–Trinajstić information content (AvgIpc) is 3.68. The third-order valence-electron chi connectivity index (χ3n) is 11.5. The summed E-state index contributed by atoms with van der Waals surface area (Å²) in [4.78, 5) is 0. The average molecular weight is 649 g/mol. The molecule has 4 fully saturated rings. The lowest BCUT2D eigenvalue weighted by atomic mass is 9.70. The fraction of sp³-hybridized carbons (Fsp3) is 0.415. The Morgan fingerprint density at radius 1 is 0.574 bits per heavy atom. The second-order valence-corrected chi connectivity index (χ2v) is 16.2. The summed E-state index contributed by atoms with van der Waals surface area (Å²) in [5, 5.41) is 0. The Bertz CT molecular complexity index is 1510. The number of rotatable bonds is 6. The predicted octanol–water partition coefficient (Wildman–Crippen LogP) is 9.90. The normalized spacial score (nSPS) is 31.7. The molecule has 0 amide bonds. The summed E-state index contributed by atoms with van der Waals surface area (Å²) in [6.07, 6.45) is 2.28. The lowest BCUT2D eigenvalue weighted by Gasteiger charge is -2.45. The molecule has 2 heterocycles. The highest BCUT2D eigenvalue weighted by molar-refractivity contribution is 7.41. The first-order chi connectivity index (χ1) is 22.6. The fourth-order valence-electron chi connectivity index (χ4n) is 9.31. The van der Waals surface area contributed by atoms with Crippen molar-refractivity contribution in [3.8, 4) is 0 Å². The quantitative estimate of drug-likeness (QED) is 0.195. The summed E-state index contributed by atoms with van der Waals surface area (Å²) in [5.74, 6) is -0.320. The lowest BCUT2D eigenvalue weighted by Crippen LogP contribution is -2.53. The van der Waals surface area contributed by atoms with E-state index < -0.39 is 37.8 Å². The molecule has 5 atom stereocenters. The standard InChI is InChI=1S/C41H45O5P/c1-37(2)33-26-27-39(5,28-33)36(37)44-47-45-40(29-18-10-6-11-19-29,30-20-12-7-13-21-30)34-35(43-38(3,4)42-34)41(46-47,31-22-14-8-15-23-31)32-24-16-9-17-25-32/h6-25,33-36H,26-28H2,1-5H3/t33-,34-,35-,36?,39+/m0/s1. The summed E-state index contributed by atoms with van der Waals surface area (Å²) in [5.41, 5.74) is 1.68. The van der Waals surface area contributed by atoms with Crippen LogP contribution in [-0.2, 0) is 34.2 Å². The zero-order valence-corrected chi connectivity index (χ0v) is 28.9. The highest BCUT2D eigenvalue weighted by atomic mass is 31.2. The molecule has 2 bridgehead atoms. The Labute approximate surface area is 280 Å². The smallest absolute Gasteiger partial charge is 0.335 e. The number of fused-ring (bicyclic) bond motifs is 3. The number of benzene rings is 4. The van der Waals surface area contributed by atoms with Gasteiger partial charge in [0.2, 0.25) is 0 Å². The van der Waals surface area contributed by atoms with Crippen LogP contribution in [0.25, 0.3) is 0 Å². The molecule has 0 aromatic heterocycles. The maximum absolute atomic E-state index is 7.60. The van der Waals surface area contributed by atoms with Crippen LogP contribution in [0.4, 0.5) is 0 Å². The van der Waals surface area contributed by atoms with Gasteiger partial charge in [-0.05, 0) is 72.1 Å². The molecule has 0 N–H and O–H groups in total. The molecule has 0 spiro atoms. The molecule has 2 aliphatic carbocycles. The van der Waals surface area contributed by atoms with Crippen LogP contribution in [-0.4, -0.2) is 24.1 Å². The summed E-state index contributed by atoms with van der Waals surface area (Å²) >= 11 is 0. The molecule has 47 heavy (non-hydrogen) atoms. The van der Waals surface area contributed by atoms with Crippen molar-refractivity contribution in [2.75, 3.05) is 0 Å². The van der Waals surface area contributed by atoms with Gasteiger partial charge in [0.1, 0.15) is 12.2 Å². The van der Waals surface area contributed by atoms with E-state index in [1.54, 1.807) is 0 Å². The molecule has 8 rings (SSSR count). The van der Waals surface area contributed by atoms with Gasteiger partial charge in [-0.3, -0.25) is 9.05 Å². The fourth-order valence-corrected chi connectivity index (χ4v) is 11.2. The number of ether oxygens (including phenoxy) is 2. The van der Waals surface area contributed by atoms with E-state index in [1.807, 2.05) is 38.1 Å². The van der Waals surface area contributed by atoms with Crippen LogP contribution in [0.15, 0.2) is 121 Å². The Balaban J connectivity index is 1.41. The summed E-state index contributed by atoms with van der Waals surface area (Å²) in [7, 11) is -2.00. The zero-order chi connectivity index (χ0) is 32.5. The van der Waals surface area contributed by atoms with Crippen LogP contribution in [0.5, 0.6) is 0 Å². The molecule has 6 heteroatoms. The van der Waals surface area contributed by atoms with Gasteiger partial charge in [-0.1, -0.05) is 142 Å². The summed E-state index contributed by atoms with van der Waals surface area (Å²) in [6.45, 7) is 11.1. The Morgan fingerprint density at radius 2 is 0.957 bits per heavy atom. The van der Waals surface area contributed by atoms with Crippen molar-refractivity contribution in [1.29, 1.82) is 0 Å². The first kappa shape index (κ1) is 31.4. The minimum atomic E-state index is -2.00. The molecule has 4 aromatic carbocycles. The molecule has 4 aromatic rings. The maximum atomic E-state index is 7.60. The van der Waals surface area contributed by atoms with Gasteiger partial charge in [0.05, 0.1) is 6.10 Å². The van der Waals surface area contributed by atoms with E-state index in [0.29, 0.717) is 5.92 Å². The van der Waals surface area contributed by atoms with Crippen molar-refractivity contribution >= 4 is 8.60 Å². The van der Waals surface area contributed by atoms with Crippen molar-refractivity contribution in [1.82, 2.24) is 0 Å². The highest BCUT2D eigenvalue weighted by Crippen LogP contribution is 2.70. The first-order valence-corrected chi connectivity index (χ1v) is 18.1. The Hall–Kier alpha value is -2.89. The van der Waals surface area contributed by atoms with Gasteiger partial charge in [-0.25, -0.2) is 0 Å². The third-order valence-corrected chi connectivity index (χ3v) is 12.7. The van der Waals surface area contributed by atoms with Crippen LogP contribution in [0.1, 0.15) is 76.1 Å². The van der Waals surface area contributed by atoms with Crippen molar-refractivity contribution in [2.24, 2.45) is 16.7 Å². The number of hydrogen-bond donors (Lipinski definition) is 0. The van der Waals surface area contributed by atoms with Crippen molar-refractivity contribution in [2.45, 2.75) is 89.2 Å². The van der Waals surface area contributed by atoms with Crippen molar-refractivity contribution in [3.63, 3.8) is 0 Å². The van der Waals surface area contributed by atoms with E-state index in [1.165, 1.54) is 6.42 Å². The minimum Gasteiger partial charge on any atom is -0.341 e. The van der Waals surface area contributed by atoms with E-state index in [-0.39, 0.29) is 16.9 Å². The van der Waals surface area contributed by atoms with E-state index in [4.69, 9.17) is 23.0 Å². The molecule has 2 saturated carbocycles. The molecule has 2 aliphatic heterocycles. The SMILES string of the molecule is CC1(C)O[C@H]2[C@H](O1)C(c1ccccc1)(c1ccccc1)OP(OC1C(C)(C)[C@H]3CC[C@]1(C)C3)OC2(c1ccccc1)c1ccccc1. The van der Waals surface area contributed by atoms with Crippen LogP contribution in [0, 0.1) is 16.7 Å². The van der Waals surface area contributed by atoms with Crippen LogP contribution >= 0.6 is 8.60 Å². The maximum Gasteiger partial charge on any atom is 0.335 e. The summed E-state index contributed by atoms with van der Waals surface area (Å²) < 4.78 is 36.8. The van der Waals surface area contributed by atoms with Gasteiger partial charge < -0.3 is 14.0 Å². The first-order valence-electron chi connectivity index (χ1n) is 17.0. The third kappa shape index (κ3) is 4.89. The second-order valence-electron chi connectivity index (χ2n) is 15.2. The highest BCUT2D eigenvalue weighted by Gasteiger charge is 2.69. The van der Waals surface area contributed by atoms with Crippen LogP contribution in [0.3, 0.4) is 0 Å². The van der Waals surface area contributed by atoms with Gasteiger partial charge in [0, 0.05) is 0 Å². The molecule has 1 unspecified atom stereocenters. The van der Waals surface area contributed by atoms with E-state index in [9.17, 15) is 0 Å². The van der Waals surface area contributed by atoms with Gasteiger partial charge in [0.15, 0.2) is 17.0 Å². The molecule has 0 radical (unpaired) electrons. The predicted molar refractivity (Wildman–Crippen MR) is 184 cm³/mol. The van der Waals surface area contributed by atoms with Gasteiger partial charge >= 0.3 is 8.60 Å². The molecule has 244 valence electrons. The zero-order valence-electron chi connectivity index (χ0n) is 28.0. The molecular formula is C41H45O5P. The van der Waals surface area contributed by atoms with E-state index in [2.05, 4.69) is 118 Å². The van der Waals surface area contributed by atoms with Gasteiger partial charge in [-0.15, -0.1) is 0 Å². The van der Waals surface area contributed by atoms with Gasteiger partial charge in [0.25, 0.3) is 0 Å². The topological polar surface area (TPSA) is 46.2 Å². The van der Waals surface area contributed by atoms with E-state index >= 15 is 0 Å². The largest absolute Gasteiger partial charge is 0.341 e. The Kier molecular flexibility index (Phi) is 7.57. The van der Waals surface area contributed by atoms with Crippen molar-refractivity contribution < 1.29 is 23.0 Å². The monoisotopic (exact) mass is 648 g/mol. The molecule has 2 saturated heterocycles. The van der Waals surface area contributed by atoms with Crippen molar-refractivity contribution in [3.05, 3.63) is 144 Å². The second kappa shape index (κ2) is 11.3. The number of hydrogen-bond acceptors (Lipinski definition) is 5. The lowest BCUT2D eigenvalue weighted by molar-refractivity contribution is -0.178. The van der Waals surface area contributed by atoms with Crippen LogP contribution < -0.4 is 0 Å². The minimum absolute atomic E-state index is 0.0243. The molecular weight excluding hydrogens is 603 g/mol. The summed E-state index contributed by atoms with van der Waals surface area (Å²) in [6, 6.07) is 41.7. The van der Waals surface area contributed by atoms with Crippen LogP contribution in [0.2, 0.25) is 0 Å². The Morgan fingerprint density at radius 3 is 1.30 bits per heavy atom. The molecule has 5 nitrogen and oxygen atoms in total.